The molecule has 1 aliphatic carbocycles. The van der Waals surface area contributed by atoms with Crippen LogP contribution in [0.15, 0.2) is 18.2 Å². The molecule has 1 fully saturated rings. The summed E-state index contributed by atoms with van der Waals surface area (Å²) in [5, 5.41) is 3.25. The Morgan fingerprint density at radius 2 is 2.05 bits per heavy atom. The van der Waals surface area contributed by atoms with E-state index in [2.05, 4.69) is 10.2 Å². The molecule has 0 aromatic heterocycles. The molecule has 4 heteroatoms. The van der Waals surface area contributed by atoms with Crippen molar-refractivity contribution in [1.29, 1.82) is 0 Å². The van der Waals surface area contributed by atoms with E-state index in [1.54, 1.807) is 0 Å². The maximum absolute atomic E-state index is 13.6. The Morgan fingerprint density at radius 3 is 2.58 bits per heavy atom. The van der Waals surface area contributed by atoms with Crippen molar-refractivity contribution in [3.8, 4) is 0 Å². The number of rotatable bonds is 6. The van der Waals surface area contributed by atoms with E-state index in [0.29, 0.717) is 17.5 Å². The van der Waals surface area contributed by atoms with Gasteiger partial charge in [0.15, 0.2) is 0 Å². The topological polar surface area (TPSA) is 15.3 Å². The van der Waals surface area contributed by atoms with E-state index < -0.39 is 11.6 Å². The van der Waals surface area contributed by atoms with Crippen molar-refractivity contribution in [3.05, 3.63) is 35.4 Å². The summed E-state index contributed by atoms with van der Waals surface area (Å²) in [6.07, 6.45) is 3.73. The van der Waals surface area contributed by atoms with Gasteiger partial charge in [0.2, 0.25) is 0 Å². The third-order valence-electron chi connectivity index (χ3n) is 4.03. The predicted molar refractivity (Wildman–Crippen MR) is 72.9 cm³/mol. The van der Waals surface area contributed by atoms with Gasteiger partial charge in [-0.05, 0) is 38.4 Å². The lowest BCUT2D eigenvalue weighted by molar-refractivity contribution is 0.0763. The standard InChI is InChI=1S/C15H22F2N2/c1-18-10-15(6-3-7-15)11-19(2)9-12-4-5-13(16)8-14(12)17/h4-5,8,18H,3,6-7,9-11H2,1-2H3. The molecule has 2 nitrogen and oxygen atoms in total. The monoisotopic (exact) mass is 268 g/mol. The van der Waals surface area contributed by atoms with Crippen LogP contribution in [-0.2, 0) is 6.54 Å². The average Bonchev–Trinajstić information content (AvgIpc) is 2.30. The van der Waals surface area contributed by atoms with Crippen LogP contribution in [0.3, 0.4) is 0 Å². The molecular weight excluding hydrogens is 246 g/mol. The molecule has 0 spiro atoms. The van der Waals surface area contributed by atoms with Gasteiger partial charge in [-0.2, -0.15) is 0 Å². The molecule has 0 heterocycles. The minimum absolute atomic E-state index is 0.333. The summed E-state index contributed by atoms with van der Waals surface area (Å²) < 4.78 is 26.5. The third kappa shape index (κ3) is 3.51. The molecule has 0 radical (unpaired) electrons. The fourth-order valence-corrected chi connectivity index (χ4v) is 3.01. The second-order valence-electron chi connectivity index (χ2n) is 5.79. The van der Waals surface area contributed by atoms with Gasteiger partial charge in [0.05, 0.1) is 0 Å². The molecule has 106 valence electrons. The van der Waals surface area contributed by atoms with Crippen LogP contribution in [-0.4, -0.2) is 32.1 Å². The minimum atomic E-state index is -0.519. The molecule has 0 bridgehead atoms. The van der Waals surface area contributed by atoms with Crippen molar-refractivity contribution in [2.75, 3.05) is 27.2 Å². The van der Waals surface area contributed by atoms with E-state index >= 15 is 0 Å². The molecule has 19 heavy (non-hydrogen) atoms. The highest BCUT2D eigenvalue weighted by atomic mass is 19.1. The molecule has 1 N–H and O–H groups in total. The molecular formula is C15H22F2N2. The minimum Gasteiger partial charge on any atom is -0.319 e. The Bertz CT molecular complexity index is 430. The van der Waals surface area contributed by atoms with Gasteiger partial charge in [-0.15, -0.1) is 0 Å². The first kappa shape index (κ1) is 14.4. The molecule has 0 atom stereocenters. The number of nitrogens with one attached hydrogen (secondary N) is 1. The zero-order chi connectivity index (χ0) is 13.9. The zero-order valence-electron chi connectivity index (χ0n) is 11.7. The average molecular weight is 268 g/mol. The van der Waals surface area contributed by atoms with Crippen LogP contribution in [0.1, 0.15) is 24.8 Å². The number of benzene rings is 1. The molecule has 1 aromatic rings. The molecule has 0 saturated heterocycles. The fraction of sp³-hybridized carbons (Fsp3) is 0.600. The van der Waals surface area contributed by atoms with E-state index in [0.717, 1.165) is 19.2 Å². The lowest BCUT2D eigenvalue weighted by Crippen LogP contribution is -2.46. The molecule has 1 aromatic carbocycles. The molecule has 0 amide bonds. The summed E-state index contributed by atoms with van der Waals surface area (Å²) >= 11 is 0. The Balaban J connectivity index is 1.95. The van der Waals surface area contributed by atoms with E-state index in [4.69, 9.17) is 0 Å². The Kier molecular flexibility index (Phi) is 4.53. The van der Waals surface area contributed by atoms with E-state index in [-0.39, 0.29) is 0 Å². The first-order valence-electron chi connectivity index (χ1n) is 6.82. The van der Waals surface area contributed by atoms with Crippen LogP contribution >= 0.6 is 0 Å². The first-order valence-corrected chi connectivity index (χ1v) is 6.82. The molecule has 0 aliphatic heterocycles. The highest BCUT2D eigenvalue weighted by molar-refractivity contribution is 5.18. The number of halogens is 2. The SMILES string of the molecule is CNCC1(CN(C)Cc2ccc(F)cc2F)CCC1. The lowest BCUT2D eigenvalue weighted by Gasteiger charge is -2.44. The predicted octanol–water partition coefficient (Wildman–Crippen LogP) is 2.79. The summed E-state index contributed by atoms with van der Waals surface area (Å²) in [5.41, 5.74) is 0.892. The second kappa shape index (κ2) is 5.97. The first-order chi connectivity index (χ1) is 9.04. The van der Waals surface area contributed by atoms with Gasteiger partial charge in [0, 0.05) is 31.3 Å². The lowest BCUT2D eigenvalue weighted by atomic mass is 9.68. The Hall–Kier alpha value is -1.00. The smallest absolute Gasteiger partial charge is 0.130 e. The summed E-state index contributed by atoms with van der Waals surface area (Å²) in [7, 11) is 3.97. The largest absolute Gasteiger partial charge is 0.319 e. The summed E-state index contributed by atoms with van der Waals surface area (Å²) in [5.74, 6) is -0.974. The van der Waals surface area contributed by atoms with Gasteiger partial charge >= 0.3 is 0 Å². The van der Waals surface area contributed by atoms with Crippen LogP contribution in [0.5, 0.6) is 0 Å². The number of hydrogen-bond acceptors (Lipinski definition) is 2. The van der Waals surface area contributed by atoms with Crippen LogP contribution < -0.4 is 5.32 Å². The quantitative estimate of drug-likeness (QED) is 0.853. The van der Waals surface area contributed by atoms with Gasteiger partial charge < -0.3 is 10.2 Å². The molecule has 1 aliphatic rings. The fourth-order valence-electron chi connectivity index (χ4n) is 3.01. The molecule has 1 saturated carbocycles. The van der Waals surface area contributed by atoms with Crippen molar-refractivity contribution < 1.29 is 8.78 Å². The summed E-state index contributed by atoms with van der Waals surface area (Å²) in [6.45, 7) is 2.48. The maximum atomic E-state index is 13.6. The van der Waals surface area contributed by atoms with E-state index in [1.165, 1.54) is 31.4 Å². The van der Waals surface area contributed by atoms with E-state index in [9.17, 15) is 8.78 Å². The number of nitrogens with zero attached hydrogens (tertiary/aromatic N) is 1. The van der Waals surface area contributed by atoms with Gasteiger partial charge in [0.1, 0.15) is 11.6 Å². The second-order valence-corrected chi connectivity index (χ2v) is 5.79. The van der Waals surface area contributed by atoms with Gasteiger partial charge in [-0.25, -0.2) is 8.78 Å². The molecule has 0 unspecified atom stereocenters. The van der Waals surface area contributed by atoms with Crippen molar-refractivity contribution in [1.82, 2.24) is 10.2 Å². The van der Waals surface area contributed by atoms with Crippen molar-refractivity contribution >= 4 is 0 Å². The Labute approximate surface area is 113 Å². The van der Waals surface area contributed by atoms with Crippen LogP contribution in [0, 0.1) is 17.0 Å². The third-order valence-corrected chi connectivity index (χ3v) is 4.03. The van der Waals surface area contributed by atoms with Crippen LogP contribution in [0.4, 0.5) is 8.78 Å². The normalized spacial score (nSPS) is 17.5. The van der Waals surface area contributed by atoms with Crippen LogP contribution in [0.2, 0.25) is 0 Å². The summed E-state index contributed by atoms with van der Waals surface area (Å²) in [4.78, 5) is 2.13. The highest BCUT2D eigenvalue weighted by Gasteiger charge is 2.37. The Morgan fingerprint density at radius 1 is 1.32 bits per heavy atom. The molecule has 2 rings (SSSR count). The van der Waals surface area contributed by atoms with E-state index in [1.807, 2.05) is 14.1 Å². The number of hydrogen-bond donors (Lipinski definition) is 1. The van der Waals surface area contributed by atoms with Crippen LogP contribution in [0.25, 0.3) is 0 Å². The van der Waals surface area contributed by atoms with Crippen molar-refractivity contribution in [3.63, 3.8) is 0 Å². The zero-order valence-corrected chi connectivity index (χ0v) is 11.7. The summed E-state index contributed by atoms with van der Waals surface area (Å²) in [6, 6.07) is 3.81. The highest BCUT2D eigenvalue weighted by Crippen LogP contribution is 2.41. The van der Waals surface area contributed by atoms with Crippen molar-refractivity contribution in [2.24, 2.45) is 5.41 Å². The van der Waals surface area contributed by atoms with Gasteiger partial charge in [-0.1, -0.05) is 12.5 Å². The van der Waals surface area contributed by atoms with Gasteiger partial charge in [-0.3, -0.25) is 0 Å². The maximum Gasteiger partial charge on any atom is 0.130 e. The van der Waals surface area contributed by atoms with Crippen molar-refractivity contribution in [2.45, 2.75) is 25.8 Å². The van der Waals surface area contributed by atoms with Gasteiger partial charge in [0.25, 0.3) is 0 Å².